The van der Waals surface area contributed by atoms with Crippen molar-refractivity contribution in [2.24, 2.45) is 0 Å². The smallest absolute Gasteiger partial charge is 0.274 e. The molecule has 0 bridgehead atoms. The van der Waals surface area contributed by atoms with Crippen molar-refractivity contribution in [1.82, 2.24) is 19.6 Å². The van der Waals surface area contributed by atoms with Crippen LogP contribution in [0.2, 0.25) is 0 Å². The van der Waals surface area contributed by atoms with Crippen LogP contribution in [0.1, 0.15) is 16.1 Å². The Morgan fingerprint density at radius 2 is 1.65 bits per heavy atom. The molecule has 0 aliphatic carbocycles. The molecule has 1 N–H and O–H groups in total. The summed E-state index contributed by atoms with van der Waals surface area (Å²) < 4.78 is 42.8. The molecular formula is C25H16F3N5O. The van der Waals surface area contributed by atoms with Gasteiger partial charge in [0.25, 0.3) is 5.91 Å². The van der Waals surface area contributed by atoms with Gasteiger partial charge in [0.15, 0.2) is 23.1 Å². The molecule has 3 heterocycles. The normalized spacial score (nSPS) is 11.1. The fourth-order valence-corrected chi connectivity index (χ4v) is 3.61. The van der Waals surface area contributed by atoms with Crippen LogP contribution < -0.4 is 5.32 Å². The fraction of sp³-hybridized carbons (Fsp3) is 0.0400. The molecule has 0 aliphatic heterocycles. The Morgan fingerprint density at radius 3 is 2.44 bits per heavy atom. The van der Waals surface area contributed by atoms with E-state index in [1.54, 1.807) is 37.4 Å². The average molecular weight is 459 g/mol. The van der Waals surface area contributed by atoms with Crippen LogP contribution in [0.4, 0.5) is 18.9 Å². The summed E-state index contributed by atoms with van der Waals surface area (Å²) in [5.74, 6) is -2.73. The highest BCUT2D eigenvalue weighted by atomic mass is 19.2. The summed E-state index contributed by atoms with van der Waals surface area (Å²) in [5.41, 5.74) is 2.58. The second-order valence-electron chi connectivity index (χ2n) is 7.56. The highest BCUT2D eigenvalue weighted by Crippen LogP contribution is 2.28. The maximum Gasteiger partial charge on any atom is 0.274 e. The zero-order valence-electron chi connectivity index (χ0n) is 17.8. The van der Waals surface area contributed by atoms with Crippen LogP contribution >= 0.6 is 0 Å². The van der Waals surface area contributed by atoms with Crippen LogP contribution in [0.15, 0.2) is 72.9 Å². The predicted octanol–water partition coefficient (Wildman–Crippen LogP) is 5.44. The number of hydrogen-bond acceptors (Lipinski definition) is 4. The molecule has 168 valence electrons. The molecule has 5 aromatic rings. The molecule has 9 heteroatoms. The fourth-order valence-electron chi connectivity index (χ4n) is 3.61. The highest BCUT2D eigenvalue weighted by Gasteiger charge is 2.19. The average Bonchev–Trinajstić information content (AvgIpc) is 3.27. The zero-order chi connectivity index (χ0) is 23.8. The molecule has 2 aromatic carbocycles. The third-order valence-electron chi connectivity index (χ3n) is 5.32. The van der Waals surface area contributed by atoms with Gasteiger partial charge >= 0.3 is 0 Å². The minimum absolute atomic E-state index is 0.0270. The summed E-state index contributed by atoms with van der Waals surface area (Å²) in [6, 6.07) is 16.2. The van der Waals surface area contributed by atoms with E-state index in [4.69, 9.17) is 0 Å². The maximum absolute atomic E-state index is 14.4. The summed E-state index contributed by atoms with van der Waals surface area (Å²) in [6.07, 6.45) is 1.63. The first-order valence-corrected chi connectivity index (χ1v) is 10.3. The van der Waals surface area contributed by atoms with Gasteiger partial charge in [-0.2, -0.15) is 0 Å². The Morgan fingerprint density at radius 1 is 0.882 bits per heavy atom. The first-order chi connectivity index (χ1) is 16.4. The van der Waals surface area contributed by atoms with Gasteiger partial charge in [0.05, 0.1) is 11.3 Å². The first-order valence-electron chi connectivity index (χ1n) is 10.3. The number of carbonyl (C=O) groups is 1. The van der Waals surface area contributed by atoms with Crippen LogP contribution in [0.25, 0.3) is 28.3 Å². The summed E-state index contributed by atoms with van der Waals surface area (Å²) in [6.45, 7) is 1.75. The molecule has 0 fully saturated rings. The van der Waals surface area contributed by atoms with Crippen molar-refractivity contribution in [3.05, 3.63) is 102 Å². The molecule has 0 saturated carbocycles. The summed E-state index contributed by atoms with van der Waals surface area (Å²) in [7, 11) is 0. The molecule has 0 aliphatic rings. The van der Waals surface area contributed by atoms with Crippen molar-refractivity contribution < 1.29 is 18.0 Å². The molecule has 0 radical (unpaired) electrons. The van der Waals surface area contributed by atoms with E-state index >= 15 is 0 Å². The Balaban J connectivity index is 1.55. The second-order valence-corrected chi connectivity index (χ2v) is 7.56. The molecule has 3 aromatic heterocycles. The molecule has 0 saturated heterocycles. The van der Waals surface area contributed by atoms with E-state index in [-0.39, 0.29) is 17.1 Å². The number of pyridine rings is 2. The van der Waals surface area contributed by atoms with E-state index in [0.717, 1.165) is 6.07 Å². The number of rotatable bonds is 4. The number of aryl methyl sites for hydroxylation is 1. The van der Waals surface area contributed by atoms with Crippen molar-refractivity contribution in [2.75, 3.05) is 5.32 Å². The van der Waals surface area contributed by atoms with Gasteiger partial charge in [0, 0.05) is 17.4 Å². The van der Waals surface area contributed by atoms with Gasteiger partial charge in [-0.25, -0.2) is 18.2 Å². The highest BCUT2D eigenvalue weighted by molar-refractivity contribution is 6.04. The van der Waals surface area contributed by atoms with Gasteiger partial charge in [-0.3, -0.25) is 9.20 Å². The molecule has 0 atom stereocenters. The number of hydrogen-bond donors (Lipinski definition) is 1. The van der Waals surface area contributed by atoms with Crippen LogP contribution in [-0.4, -0.2) is 25.5 Å². The molecule has 0 unspecified atom stereocenters. The standard InChI is InChI=1S/C25H16F3N5O/c1-14-7-12-20(30-22(14)25(34)29-16-10-8-15(26)9-11-16)17-5-3-13-33-23(17)31-32-24(33)18-4-2-6-19(27)21(18)28/h2-13H,1H3,(H,29,34). The van der Waals surface area contributed by atoms with E-state index in [0.29, 0.717) is 28.2 Å². The second kappa shape index (κ2) is 8.43. The van der Waals surface area contributed by atoms with Crippen molar-refractivity contribution in [2.45, 2.75) is 6.92 Å². The lowest BCUT2D eigenvalue weighted by molar-refractivity contribution is 0.102. The molecule has 6 nitrogen and oxygen atoms in total. The minimum Gasteiger partial charge on any atom is -0.321 e. The van der Waals surface area contributed by atoms with E-state index in [9.17, 15) is 18.0 Å². The van der Waals surface area contributed by atoms with E-state index in [2.05, 4.69) is 20.5 Å². The number of halogens is 3. The maximum atomic E-state index is 14.4. The number of nitrogens with zero attached hydrogens (tertiary/aromatic N) is 4. The third-order valence-corrected chi connectivity index (χ3v) is 5.32. The molecular weight excluding hydrogens is 443 g/mol. The number of nitrogens with one attached hydrogen (secondary N) is 1. The van der Waals surface area contributed by atoms with Crippen LogP contribution in [-0.2, 0) is 0 Å². The SMILES string of the molecule is Cc1ccc(-c2cccn3c(-c4cccc(F)c4F)nnc23)nc1C(=O)Nc1ccc(F)cc1. The Hall–Kier alpha value is -4.53. The first kappa shape index (κ1) is 21.3. The Kier molecular flexibility index (Phi) is 5.29. The summed E-state index contributed by atoms with van der Waals surface area (Å²) in [4.78, 5) is 17.4. The Labute approximate surface area is 191 Å². The number of aromatic nitrogens is 4. The molecule has 5 rings (SSSR count). The Bertz CT molecular complexity index is 1550. The largest absolute Gasteiger partial charge is 0.321 e. The number of fused-ring (bicyclic) bond motifs is 1. The van der Waals surface area contributed by atoms with Gasteiger partial charge in [-0.05, 0) is 67.1 Å². The topological polar surface area (TPSA) is 72.2 Å². The van der Waals surface area contributed by atoms with Crippen molar-refractivity contribution >= 4 is 17.2 Å². The van der Waals surface area contributed by atoms with Gasteiger partial charge < -0.3 is 5.32 Å². The lowest BCUT2D eigenvalue weighted by Crippen LogP contribution is -2.15. The zero-order valence-corrected chi connectivity index (χ0v) is 17.8. The van der Waals surface area contributed by atoms with Crippen LogP contribution in [0.5, 0.6) is 0 Å². The van der Waals surface area contributed by atoms with E-state index in [1.807, 2.05) is 0 Å². The summed E-state index contributed by atoms with van der Waals surface area (Å²) in [5, 5.41) is 10.9. The van der Waals surface area contributed by atoms with Crippen molar-refractivity contribution in [3.63, 3.8) is 0 Å². The van der Waals surface area contributed by atoms with Crippen LogP contribution in [0.3, 0.4) is 0 Å². The predicted molar refractivity (Wildman–Crippen MR) is 121 cm³/mol. The number of benzene rings is 2. The molecule has 1 amide bonds. The van der Waals surface area contributed by atoms with Crippen LogP contribution in [0, 0.1) is 24.4 Å². The third kappa shape index (κ3) is 3.77. The number of amides is 1. The van der Waals surface area contributed by atoms with E-state index in [1.165, 1.54) is 40.8 Å². The number of carbonyl (C=O) groups excluding carboxylic acids is 1. The van der Waals surface area contributed by atoms with Gasteiger partial charge in [-0.1, -0.05) is 12.1 Å². The van der Waals surface area contributed by atoms with E-state index < -0.39 is 23.4 Å². The lowest BCUT2D eigenvalue weighted by Gasteiger charge is -2.10. The van der Waals surface area contributed by atoms with Gasteiger partial charge in [0.1, 0.15) is 11.5 Å². The molecule has 0 spiro atoms. The van der Waals surface area contributed by atoms with Gasteiger partial charge in [-0.15, -0.1) is 10.2 Å². The van der Waals surface area contributed by atoms with Crippen molar-refractivity contribution in [3.8, 4) is 22.6 Å². The molecule has 34 heavy (non-hydrogen) atoms. The monoisotopic (exact) mass is 459 g/mol. The quantitative estimate of drug-likeness (QED) is 0.389. The number of anilines is 1. The lowest BCUT2D eigenvalue weighted by atomic mass is 10.1. The van der Waals surface area contributed by atoms with Gasteiger partial charge in [0.2, 0.25) is 0 Å². The summed E-state index contributed by atoms with van der Waals surface area (Å²) >= 11 is 0. The minimum atomic E-state index is -1.02. The van der Waals surface area contributed by atoms with Crippen molar-refractivity contribution in [1.29, 1.82) is 0 Å².